The van der Waals surface area contributed by atoms with Crippen LogP contribution in [0, 0.1) is 13.8 Å². The Morgan fingerprint density at radius 1 is 0.919 bits per heavy atom. The van der Waals surface area contributed by atoms with Crippen molar-refractivity contribution in [1.29, 1.82) is 0 Å². The van der Waals surface area contributed by atoms with Gasteiger partial charge in [0.1, 0.15) is 11.8 Å². The molecule has 196 valence electrons. The Hall–Kier alpha value is -3.02. The number of carbonyl (C=O) groups excluding carboxylic acids is 2. The lowest BCUT2D eigenvalue weighted by Crippen LogP contribution is -2.55. The van der Waals surface area contributed by atoms with Crippen LogP contribution in [0.2, 0.25) is 10.0 Å². The Morgan fingerprint density at radius 2 is 1.54 bits per heavy atom. The van der Waals surface area contributed by atoms with Gasteiger partial charge in [0.15, 0.2) is 6.61 Å². The van der Waals surface area contributed by atoms with Gasteiger partial charge in [-0.15, -0.1) is 0 Å². The van der Waals surface area contributed by atoms with E-state index < -0.39 is 11.6 Å². The lowest BCUT2D eigenvalue weighted by Gasteiger charge is -2.34. The van der Waals surface area contributed by atoms with E-state index in [2.05, 4.69) is 5.32 Å². The van der Waals surface area contributed by atoms with E-state index in [1.807, 2.05) is 83.1 Å². The zero-order valence-electron chi connectivity index (χ0n) is 22.0. The average molecular weight is 542 g/mol. The summed E-state index contributed by atoms with van der Waals surface area (Å²) in [4.78, 5) is 28.9. The number of nitrogens with one attached hydrogen (secondary N) is 1. The minimum atomic E-state index is -0.816. The molecule has 37 heavy (non-hydrogen) atoms. The standard InChI is InChI=1S/C30H34Cl2N2O3/c1-20-11-9-16-27(21(20)2)37-19-28(35)34(18-23-24(31)14-10-15-25(23)32)26(29(36)33-30(3,4)5)17-22-12-7-6-8-13-22/h6-16,26H,17-19H2,1-5H3,(H,33,36)/t26-/m0/s1. The maximum absolute atomic E-state index is 13.8. The molecular weight excluding hydrogens is 507 g/mol. The van der Waals surface area contributed by atoms with E-state index in [9.17, 15) is 9.59 Å². The van der Waals surface area contributed by atoms with Crippen molar-refractivity contribution in [2.75, 3.05) is 6.61 Å². The molecule has 0 saturated carbocycles. The van der Waals surface area contributed by atoms with Gasteiger partial charge in [-0.2, -0.15) is 0 Å². The van der Waals surface area contributed by atoms with Gasteiger partial charge in [-0.1, -0.05) is 71.7 Å². The van der Waals surface area contributed by atoms with Gasteiger partial charge >= 0.3 is 0 Å². The number of ether oxygens (including phenoxy) is 1. The first-order chi connectivity index (χ1) is 17.5. The highest BCUT2D eigenvalue weighted by Crippen LogP contribution is 2.28. The fraction of sp³-hybridized carbons (Fsp3) is 0.333. The summed E-state index contributed by atoms with van der Waals surface area (Å²) in [6, 6.07) is 19.7. The van der Waals surface area contributed by atoms with Crippen LogP contribution in [0.15, 0.2) is 66.7 Å². The van der Waals surface area contributed by atoms with E-state index in [4.69, 9.17) is 27.9 Å². The van der Waals surface area contributed by atoms with Gasteiger partial charge in [-0.05, 0) is 69.5 Å². The number of rotatable bonds is 9. The van der Waals surface area contributed by atoms with Crippen LogP contribution in [0.25, 0.3) is 0 Å². The minimum absolute atomic E-state index is 0.0581. The molecule has 5 nitrogen and oxygen atoms in total. The summed E-state index contributed by atoms with van der Waals surface area (Å²) in [5.41, 5.74) is 3.04. The predicted octanol–water partition coefficient (Wildman–Crippen LogP) is 6.54. The second-order valence-corrected chi connectivity index (χ2v) is 11.0. The number of hydrogen-bond acceptors (Lipinski definition) is 3. The second kappa shape index (κ2) is 12.5. The van der Waals surface area contributed by atoms with Crippen molar-refractivity contribution in [2.24, 2.45) is 0 Å². The molecule has 0 aromatic heterocycles. The van der Waals surface area contributed by atoms with Gasteiger partial charge in [0, 0.05) is 34.1 Å². The highest BCUT2D eigenvalue weighted by atomic mass is 35.5. The maximum atomic E-state index is 13.8. The van der Waals surface area contributed by atoms with Gasteiger partial charge in [0.05, 0.1) is 0 Å². The van der Waals surface area contributed by atoms with Crippen LogP contribution in [-0.2, 0) is 22.6 Å². The third-order valence-electron chi connectivity index (χ3n) is 6.07. The Kier molecular flexibility index (Phi) is 9.63. The van der Waals surface area contributed by atoms with Crippen molar-refractivity contribution >= 4 is 35.0 Å². The fourth-order valence-corrected chi connectivity index (χ4v) is 4.48. The summed E-state index contributed by atoms with van der Waals surface area (Å²) < 4.78 is 5.95. The van der Waals surface area contributed by atoms with Gasteiger partial charge in [-0.3, -0.25) is 9.59 Å². The largest absolute Gasteiger partial charge is 0.483 e. The molecule has 1 N–H and O–H groups in total. The Bertz CT molecular complexity index is 1220. The highest BCUT2D eigenvalue weighted by molar-refractivity contribution is 6.36. The predicted molar refractivity (Wildman–Crippen MR) is 150 cm³/mol. The van der Waals surface area contributed by atoms with Gasteiger partial charge in [0.25, 0.3) is 5.91 Å². The highest BCUT2D eigenvalue weighted by Gasteiger charge is 2.33. The number of halogens is 2. The van der Waals surface area contributed by atoms with Gasteiger partial charge in [-0.25, -0.2) is 0 Å². The minimum Gasteiger partial charge on any atom is -0.483 e. The molecule has 0 aliphatic heterocycles. The SMILES string of the molecule is Cc1cccc(OCC(=O)N(Cc2c(Cl)cccc2Cl)[C@@H](Cc2ccccc2)C(=O)NC(C)(C)C)c1C. The topological polar surface area (TPSA) is 58.6 Å². The number of aryl methyl sites for hydroxylation is 1. The molecule has 0 bridgehead atoms. The van der Waals surface area contributed by atoms with Crippen LogP contribution in [-0.4, -0.2) is 34.9 Å². The molecule has 2 amide bonds. The number of amides is 2. The molecule has 7 heteroatoms. The van der Waals surface area contributed by atoms with E-state index in [0.717, 1.165) is 16.7 Å². The summed E-state index contributed by atoms with van der Waals surface area (Å²) >= 11 is 13.0. The van der Waals surface area contributed by atoms with Crippen LogP contribution in [0.4, 0.5) is 0 Å². The number of hydrogen-bond donors (Lipinski definition) is 1. The number of benzene rings is 3. The quantitative estimate of drug-likeness (QED) is 0.335. The molecule has 1 atom stereocenters. The lowest BCUT2D eigenvalue weighted by molar-refractivity contribution is -0.143. The number of carbonyl (C=O) groups is 2. The zero-order valence-corrected chi connectivity index (χ0v) is 23.5. The molecule has 3 aromatic carbocycles. The molecule has 0 heterocycles. The van der Waals surface area contributed by atoms with Gasteiger partial charge in [0.2, 0.25) is 5.91 Å². The first kappa shape index (κ1) is 28.5. The van der Waals surface area contributed by atoms with E-state index in [-0.39, 0.29) is 25.0 Å². The van der Waals surface area contributed by atoms with Crippen molar-refractivity contribution in [3.8, 4) is 5.75 Å². The van der Waals surface area contributed by atoms with Crippen LogP contribution < -0.4 is 10.1 Å². The molecule has 0 saturated heterocycles. The maximum Gasteiger partial charge on any atom is 0.261 e. The summed E-state index contributed by atoms with van der Waals surface area (Å²) in [7, 11) is 0. The average Bonchev–Trinajstić information content (AvgIpc) is 2.83. The normalized spacial score (nSPS) is 12.1. The molecule has 0 aliphatic carbocycles. The van der Waals surface area contributed by atoms with E-state index in [0.29, 0.717) is 27.8 Å². The third kappa shape index (κ3) is 7.98. The second-order valence-electron chi connectivity index (χ2n) is 10.2. The van der Waals surface area contributed by atoms with Crippen molar-refractivity contribution in [1.82, 2.24) is 10.2 Å². The third-order valence-corrected chi connectivity index (χ3v) is 6.77. The molecular formula is C30H34Cl2N2O3. The monoisotopic (exact) mass is 540 g/mol. The van der Waals surface area contributed by atoms with Crippen LogP contribution in [0.3, 0.4) is 0 Å². The van der Waals surface area contributed by atoms with Crippen molar-refractivity contribution in [3.05, 3.63) is 99.0 Å². The first-order valence-corrected chi connectivity index (χ1v) is 13.0. The zero-order chi connectivity index (χ0) is 27.2. The van der Waals surface area contributed by atoms with Gasteiger partial charge < -0.3 is 15.0 Å². The van der Waals surface area contributed by atoms with Crippen LogP contribution >= 0.6 is 23.2 Å². The molecule has 0 unspecified atom stereocenters. The molecule has 0 radical (unpaired) electrons. The summed E-state index contributed by atoms with van der Waals surface area (Å²) in [6.07, 6.45) is 0.319. The molecule has 0 fully saturated rings. The van der Waals surface area contributed by atoms with E-state index >= 15 is 0 Å². The molecule has 0 spiro atoms. The summed E-state index contributed by atoms with van der Waals surface area (Å²) in [5.74, 6) is 0.0179. The molecule has 3 rings (SSSR count). The van der Waals surface area contributed by atoms with Crippen LogP contribution in [0.1, 0.15) is 43.0 Å². The Morgan fingerprint density at radius 3 is 2.16 bits per heavy atom. The molecule has 0 aliphatic rings. The first-order valence-electron chi connectivity index (χ1n) is 12.2. The fourth-order valence-electron chi connectivity index (χ4n) is 3.96. The van der Waals surface area contributed by atoms with E-state index in [1.54, 1.807) is 18.2 Å². The van der Waals surface area contributed by atoms with Crippen molar-refractivity contribution in [3.63, 3.8) is 0 Å². The smallest absolute Gasteiger partial charge is 0.261 e. The Labute approximate surface area is 229 Å². The molecule has 3 aromatic rings. The Balaban J connectivity index is 2.00. The summed E-state index contributed by atoms with van der Waals surface area (Å²) in [6.45, 7) is 9.48. The lowest BCUT2D eigenvalue weighted by atomic mass is 10.0. The van der Waals surface area contributed by atoms with Crippen LogP contribution in [0.5, 0.6) is 5.75 Å². The van der Waals surface area contributed by atoms with Crippen molar-refractivity contribution in [2.45, 2.75) is 59.2 Å². The van der Waals surface area contributed by atoms with Crippen molar-refractivity contribution < 1.29 is 14.3 Å². The summed E-state index contributed by atoms with van der Waals surface area (Å²) in [5, 5.41) is 3.89. The van der Waals surface area contributed by atoms with E-state index in [1.165, 1.54) is 4.90 Å². The number of nitrogens with zero attached hydrogens (tertiary/aromatic N) is 1.